The minimum absolute atomic E-state index is 0.00550. The molecule has 0 saturated heterocycles. The van der Waals surface area contributed by atoms with Crippen molar-refractivity contribution in [2.45, 2.75) is 18.6 Å². The maximum atomic E-state index is 13.9. The second-order valence-corrected chi connectivity index (χ2v) is 10.3. The maximum absolute atomic E-state index is 13.9. The van der Waals surface area contributed by atoms with Gasteiger partial charge in [-0.2, -0.15) is 16.8 Å². The maximum Gasteiger partial charge on any atom is 0.329 e. The molecule has 0 radical (unpaired) electrons. The molecule has 0 bridgehead atoms. The van der Waals surface area contributed by atoms with E-state index in [0.717, 1.165) is 12.5 Å². The van der Waals surface area contributed by atoms with Gasteiger partial charge < -0.3 is 20.4 Å². The van der Waals surface area contributed by atoms with Gasteiger partial charge in [0.05, 0.1) is 32.1 Å². The molecule has 13 nitrogen and oxygen atoms in total. The van der Waals surface area contributed by atoms with E-state index in [1.54, 1.807) is 0 Å². The summed E-state index contributed by atoms with van der Waals surface area (Å²) < 4.78 is 68.0. The highest BCUT2D eigenvalue weighted by molar-refractivity contribution is 7.86. The van der Waals surface area contributed by atoms with Crippen LogP contribution >= 0.6 is 0 Å². The molecule has 0 aliphatic rings. The second-order valence-electron chi connectivity index (χ2n) is 6.99. The van der Waals surface area contributed by atoms with Crippen molar-refractivity contribution in [1.82, 2.24) is 5.32 Å². The number of carboxylic acid groups (broad SMARTS) is 2. The van der Waals surface area contributed by atoms with Gasteiger partial charge in [0.15, 0.2) is 6.04 Å². The Morgan fingerprint density at radius 3 is 1.82 bits per heavy atom. The lowest BCUT2D eigenvalue weighted by molar-refractivity contribution is -0.143. The molecule has 0 saturated carbocycles. The Kier molecular flexibility index (Phi) is 10.8. The van der Waals surface area contributed by atoms with Crippen molar-refractivity contribution in [3.05, 3.63) is 29.8 Å². The van der Waals surface area contributed by atoms with Crippen molar-refractivity contribution in [2.75, 3.05) is 43.7 Å². The number of carbonyl (C=O) groups excluding carboxylic acids is 1. The SMILES string of the molecule is CS(=O)(=O)OCCN(CCOS(C)(=O)=O)c1ccc(C(=O)N[C@H](C(=O)O)C(F)CC(=O)O)cc1. The van der Waals surface area contributed by atoms with Crippen LogP contribution in [0.25, 0.3) is 0 Å². The van der Waals surface area contributed by atoms with E-state index in [9.17, 15) is 35.6 Å². The largest absolute Gasteiger partial charge is 0.481 e. The van der Waals surface area contributed by atoms with Gasteiger partial charge in [-0.05, 0) is 24.3 Å². The quantitative estimate of drug-likeness (QED) is 0.246. The molecular weight excluding hydrogens is 503 g/mol. The number of nitrogens with zero attached hydrogens (tertiary/aromatic N) is 1. The summed E-state index contributed by atoms with van der Waals surface area (Å²) in [5, 5.41) is 19.6. The van der Waals surface area contributed by atoms with Crippen molar-refractivity contribution in [3.8, 4) is 0 Å². The fraction of sp³-hybridized carbons (Fsp3) is 0.500. The summed E-state index contributed by atoms with van der Waals surface area (Å²) in [5.74, 6) is -4.29. The van der Waals surface area contributed by atoms with Gasteiger partial charge in [-0.25, -0.2) is 9.18 Å². The van der Waals surface area contributed by atoms with Crippen molar-refractivity contribution in [3.63, 3.8) is 0 Å². The second kappa shape index (κ2) is 12.6. The lowest BCUT2D eigenvalue weighted by Crippen LogP contribution is -2.47. The Balaban J connectivity index is 2.96. The van der Waals surface area contributed by atoms with Crippen molar-refractivity contribution < 1.29 is 54.2 Å². The third-order valence-corrected chi connectivity index (χ3v) is 5.29. The summed E-state index contributed by atoms with van der Waals surface area (Å²) in [6, 6.07) is 3.23. The van der Waals surface area contributed by atoms with E-state index in [1.165, 1.54) is 29.2 Å². The number of carboxylic acids is 2. The van der Waals surface area contributed by atoms with E-state index in [1.807, 2.05) is 5.32 Å². The molecule has 0 aromatic heterocycles. The highest BCUT2D eigenvalue weighted by atomic mass is 32.2. The number of nitrogens with one attached hydrogen (secondary N) is 1. The molecule has 34 heavy (non-hydrogen) atoms. The molecule has 1 aromatic carbocycles. The van der Waals surface area contributed by atoms with Gasteiger partial charge in [0, 0.05) is 24.3 Å². The van der Waals surface area contributed by atoms with Crippen LogP contribution in [0.5, 0.6) is 0 Å². The van der Waals surface area contributed by atoms with Crippen LogP contribution in [0.2, 0.25) is 0 Å². The first-order chi connectivity index (χ1) is 15.6. The molecule has 0 aliphatic carbocycles. The van der Waals surface area contributed by atoms with Crippen LogP contribution in [0.15, 0.2) is 24.3 Å². The molecule has 0 fully saturated rings. The average molecular weight is 529 g/mol. The molecule has 1 rings (SSSR count). The van der Waals surface area contributed by atoms with Crippen LogP contribution in [-0.4, -0.2) is 95.9 Å². The smallest absolute Gasteiger partial charge is 0.329 e. The van der Waals surface area contributed by atoms with Gasteiger partial charge in [-0.3, -0.25) is 18.0 Å². The number of carbonyl (C=O) groups is 3. The van der Waals surface area contributed by atoms with Gasteiger partial charge in [0.25, 0.3) is 26.1 Å². The van der Waals surface area contributed by atoms with Crippen molar-refractivity contribution in [1.29, 1.82) is 0 Å². The van der Waals surface area contributed by atoms with Crippen molar-refractivity contribution >= 4 is 43.8 Å². The summed E-state index contributed by atoms with van der Waals surface area (Å²) in [6.45, 7) is -0.513. The minimum Gasteiger partial charge on any atom is -0.481 e. The molecule has 3 N–H and O–H groups in total. The Hall–Kier alpha value is -2.82. The van der Waals surface area contributed by atoms with Crippen molar-refractivity contribution in [2.24, 2.45) is 0 Å². The summed E-state index contributed by atoms with van der Waals surface area (Å²) in [4.78, 5) is 35.7. The normalized spacial score (nSPS) is 13.6. The number of amides is 1. The molecule has 1 aromatic rings. The Labute approximate surface area is 195 Å². The summed E-state index contributed by atoms with van der Waals surface area (Å²) in [5.41, 5.74) is 0.340. The van der Waals surface area contributed by atoms with E-state index < -0.39 is 56.7 Å². The van der Waals surface area contributed by atoms with Crippen LogP contribution in [0.1, 0.15) is 16.8 Å². The molecule has 0 spiro atoms. The molecule has 0 heterocycles. The fourth-order valence-corrected chi connectivity index (χ4v) is 3.36. The van der Waals surface area contributed by atoms with Gasteiger partial charge >= 0.3 is 11.9 Å². The number of rotatable bonds is 15. The zero-order valence-electron chi connectivity index (χ0n) is 18.2. The Morgan fingerprint density at radius 2 is 1.44 bits per heavy atom. The van der Waals surface area contributed by atoms with E-state index in [2.05, 4.69) is 8.37 Å². The molecule has 16 heteroatoms. The van der Waals surface area contributed by atoms with Crippen LogP contribution in [0.3, 0.4) is 0 Å². The van der Waals surface area contributed by atoms with Gasteiger partial charge in [-0.1, -0.05) is 0 Å². The number of anilines is 1. The number of alkyl halides is 1. The van der Waals surface area contributed by atoms with Gasteiger partial charge in [0.2, 0.25) is 0 Å². The minimum atomic E-state index is -3.72. The number of halogens is 1. The van der Waals surface area contributed by atoms with Crippen LogP contribution in [0.4, 0.5) is 10.1 Å². The molecule has 1 amide bonds. The number of hydrogen-bond acceptors (Lipinski definition) is 10. The van der Waals surface area contributed by atoms with Crippen LogP contribution in [-0.2, 0) is 38.2 Å². The van der Waals surface area contributed by atoms with E-state index >= 15 is 0 Å². The first kappa shape index (κ1) is 29.2. The highest BCUT2D eigenvalue weighted by Gasteiger charge is 2.31. The Bertz CT molecular complexity index is 1040. The first-order valence-corrected chi connectivity index (χ1v) is 13.2. The number of aliphatic carboxylic acids is 2. The van der Waals surface area contributed by atoms with Crippen LogP contribution in [0, 0.1) is 0 Å². The van der Waals surface area contributed by atoms with E-state index in [0.29, 0.717) is 5.69 Å². The third kappa shape index (κ3) is 11.4. The summed E-state index contributed by atoms with van der Waals surface area (Å²) in [7, 11) is -7.44. The summed E-state index contributed by atoms with van der Waals surface area (Å²) in [6.07, 6.45) is -1.75. The summed E-state index contributed by atoms with van der Waals surface area (Å²) >= 11 is 0. The van der Waals surface area contributed by atoms with Gasteiger partial charge in [-0.15, -0.1) is 0 Å². The topological polar surface area (TPSA) is 194 Å². The van der Waals surface area contributed by atoms with Crippen LogP contribution < -0.4 is 10.2 Å². The molecule has 2 atom stereocenters. The fourth-order valence-electron chi connectivity index (χ4n) is 2.61. The lowest BCUT2D eigenvalue weighted by atomic mass is 10.1. The first-order valence-electron chi connectivity index (χ1n) is 9.52. The predicted molar refractivity (Wildman–Crippen MR) is 116 cm³/mol. The van der Waals surface area contributed by atoms with E-state index in [-0.39, 0.29) is 31.9 Å². The molecule has 192 valence electrons. The molecule has 1 unspecified atom stereocenters. The molecular formula is C18H25FN2O11S2. The number of hydrogen-bond donors (Lipinski definition) is 3. The molecule has 0 aliphatic heterocycles. The predicted octanol–water partition coefficient (Wildman–Crippen LogP) is -0.559. The monoisotopic (exact) mass is 528 g/mol. The highest BCUT2D eigenvalue weighted by Crippen LogP contribution is 2.16. The zero-order chi connectivity index (χ0) is 26.1. The Morgan fingerprint density at radius 1 is 0.971 bits per heavy atom. The standard InChI is InChI=1S/C18H25FN2O11S2/c1-33(27,28)31-9-7-21(8-10-32-34(2,29)30)13-5-3-12(4-6-13)17(24)20-16(18(25)26)14(19)11-15(22)23/h3-6,14,16H,7-11H2,1-2H3,(H,20,24)(H,22,23)(H,25,26)/t14?,16-/m0/s1. The van der Waals surface area contributed by atoms with E-state index in [4.69, 9.17) is 10.2 Å². The average Bonchev–Trinajstić information content (AvgIpc) is 2.68. The van der Waals surface area contributed by atoms with Gasteiger partial charge in [0.1, 0.15) is 6.17 Å². The lowest BCUT2D eigenvalue weighted by Gasteiger charge is -2.24. The third-order valence-electron chi connectivity index (χ3n) is 4.10. The number of benzene rings is 1. The zero-order valence-corrected chi connectivity index (χ0v) is 19.8.